The summed E-state index contributed by atoms with van der Waals surface area (Å²) in [6.07, 6.45) is 30.5. The zero-order valence-electron chi connectivity index (χ0n) is 27.9. The number of nitrogens with zero attached hydrogens (tertiary/aromatic N) is 5. The fourth-order valence-electron chi connectivity index (χ4n) is 4.79. The van der Waals surface area contributed by atoms with E-state index in [0.717, 1.165) is 43.4 Å². The molecule has 0 spiro atoms. The van der Waals surface area contributed by atoms with Crippen LogP contribution in [0.2, 0.25) is 0 Å². The molecule has 2 heterocycles. The number of aryl methyl sites for hydroxylation is 1. The van der Waals surface area contributed by atoms with Crippen LogP contribution in [0.5, 0.6) is 0 Å². The van der Waals surface area contributed by atoms with Crippen LogP contribution in [0.4, 0.5) is 4.79 Å². The number of aromatic nitrogens is 2. The first-order chi connectivity index (χ1) is 23.3. The Morgan fingerprint density at radius 2 is 1.58 bits per heavy atom. The van der Waals surface area contributed by atoms with Crippen molar-refractivity contribution in [3.63, 3.8) is 0 Å². The Morgan fingerprint density at radius 1 is 1.02 bits per heavy atom. The van der Waals surface area contributed by atoms with Gasteiger partial charge in [0.25, 0.3) is 5.56 Å². The number of carbonyl (C=O) groups excluding carboxylic acids is 1. The van der Waals surface area contributed by atoms with Gasteiger partial charge in [-0.15, -0.1) is 0 Å². The lowest BCUT2D eigenvalue weighted by molar-refractivity contribution is -0.121. The van der Waals surface area contributed by atoms with Gasteiger partial charge < -0.3 is 20.1 Å². The fourth-order valence-corrected chi connectivity index (χ4v) is 4.79. The van der Waals surface area contributed by atoms with Crippen molar-refractivity contribution in [3.8, 4) is 0 Å². The second kappa shape index (κ2) is 23.4. The highest BCUT2D eigenvalue weighted by Crippen LogP contribution is 2.30. The molecule has 0 aromatic carbocycles. The number of H-pyrrole nitrogens is 1. The van der Waals surface area contributed by atoms with Crippen molar-refractivity contribution >= 4 is 12.0 Å². The van der Waals surface area contributed by atoms with E-state index in [1.165, 1.54) is 17.7 Å². The summed E-state index contributed by atoms with van der Waals surface area (Å²) in [6.45, 7) is 3.62. The molecule has 2 rings (SSSR count). The van der Waals surface area contributed by atoms with Crippen molar-refractivity contribution < 1.29 is 19.4 Å². The first kappa shape index (κ1) is 39.3. The molecule has 1 saturated heterocycles. The third-order valence-electron chi connectivity index (χ3n) is 7.37. The maximum absolute atomic E-state index is 12.3. The van der Waals surface area contributed by atoms with Crippen LogP contribution in [0.3, 0.4) is 0 Å². The molecule has 0 bridgehead atoms. The number of ether oxygens (including phenoxy) is 1. The van der Waals surface area contributed by atoms with Gasteiger partial charge in [-0.3, -0.25) is 19.1 Å². The molecule has 1 aromatic heterocycles. The van der Waals surface area contributed by atoms with Crippen molar-refractivity contribution in [3.05, 3.63) is 116 Å². The third kappa shape index (κ3) is 15.6. The van der Waals surface area contributed by atoms with Gasteiger partial charge in [-0.1, -0.05) is 85.0 Å². The largest absolute Gasteiger partial charge is 0.465 e. The van der Waals surface area contributed by atoms with Gasteiger partial charge in [0.1, 0.15) is 6.23 Å². The zero-order valence-corrected chi connectivity index (χ0v) is 27.9. The van der Waals surface area contributed by atoms with Gasteiger partial charge in [0.15, 0.2) is 0 Å². The number of amides is 2. The van der Waals surface area contributed by atoms with Gasteiger partial charge in [-0.05, 0) is 57.4 Å². The number of rotatable bonds is 21. The quantitative estimate of drug-likeness (QED) is 0.0593. The standard InChI is InChI=1S/C35H49N7O6/c1-3-4-5-6-7-8-9-10-11-12-13-14-15-16-17-18-19-20-21-22-31(43)37-23-24-41(35(46)47)27-30-29(39-40-36)25-32(48-30)42-26-28(2)33(44)38-34(42)45/h4-5,7-8,10-11,13-14,16-17,19-20,26,29-30,32H,3,6,9,12,15,18,21-25,27H2,1-2H3,(H,37,43)(H,46,47)(H,38,44,45)/b5-4-,8-7-,11-10-,14-13-,17-16-,20-19-/t29-,30-,32-/m0/s1. The number of allylic oxidation sites excluding steroid dienone is 12. The first-order valence-corrected chi connectivity index (χ1v) is 16.4. The van der Waals surface area contributed by atoms with Crippen LogP contribution in [-0.2, 0) is 9.53 Å². The molecule has 2 amide bonds. The lowest BCUT2D eigenvalue weighted by Crippen LogP contribution is -2.43. The van der Waals surface area contributed by atoms with Crippen molar-refractivity contribution in [1.29, 1.82) is 0 Å². The molecule has 3 N–H and O–H groups in total. The van der Waals surface area contributed by atoms with E-state index < -0.39 is 35.7 Å². The smallest absolute Gasteiger partial charge is 0.407 e. The average molecular weight is 664 g/mol. The highest BCUT2D eigenvalue weighted by atomic mass is 16.5. The van der Waals surface area contributed by atoms with E-state index in [-0.39, 0.29) is 38.4 Å². The van der Waals surface area contributed by atoms with Gasteiger partial charge in [0, 0.05) is 42.6 Å². The van der Waals surface area contributed by atoms with E-state index in [9.17, 15) is 24.3 Å². The average Bonchev–Trinajstić information content (AvgIpc) is 3.45. The van der Waals surface area contributed by atoms with Gasteiger partial charge in [0.2, 0.25) is 5.91 Å². The van der Waals surface area contributed by atoms with Crippen LogP contribution in [0.25, 0.3) is 10.4 Å². The predicted octanol–water partition coefficient (Wildman–Crippen LogP) is 6.39. The molecule has 0 unspecified atom stereocenters. The summed E-state index contributed by atoms with van der Waals surface area (Å²) in [5, 5.41) is 16.2. The minimum absolute atomic E-state index is 0.00773. The Hall–Kier alpha value is -4.87. The van der Waals surface area contributed by atoms with E-state index in [1.807, 2.05) is 12.2 Å². The summed E-state index contributed by atoms with van der Waals surface area (Å²) in [5.74, 6) is -0.197. The van der Waals surface area contributed by atoms with Crippen LogP contribution in [0.15, 0.2) is 93.8 Å². The highest BCUT2D eigenvalue weighted by Gasteiger charge is 2.38. The van der Waals surface area contributed by atoms with E-state index in [4.69, 9.17) is 10.3 Å². The number of aromatic amines is 1. The SMILES string of the molecule is CC/C=C\C/C=C\C/C=C\C/C=C\C/C=C\C/C=C\CCC(=O)NCCN(C[C@@H]1O[C@H](n2cc(C)c(=O)[nH]c2=O)C[C@@H]1N=[N+]=[N-])C(=O)O. The molecule has 1 aliphatic heterocycles. The molecule has 13 heteroatoms. The summed E-state index contributed by atoms with van der Waals surface area (Å²) in [4.78, 5) is 54.3. The minimum atomic E-state index is -1.23. The van der Waals surface area contributed by atoms with E-state index in [2.05, 4.69) is 88.0 Å². The lowest BCUT2D eigenvalue weighted by atomic mass is 10.1. The third-order valence-corrected chi connectivity index (χ3v) is 7.37. The van der Waals surface area contributed by atoms with Crippen molar-refractivity contribution in [2.24, 2.45) is 5.11 Å². The Morgan fingerprint density at radius 3 is 2.12 bits per heavy atom. The second-order valence-electron chi connectivity index (χ2n) is 11.1. The fraction of sp³-hybridized carbons (Fsp3) is 0.486. The topological polar surface area (TPSA) is 182 Å². The van der Waals surface area contributed by atoms with Crippen LogP contribution >= 0.6 is 0 Å². The molecule has 3 atom stereocenters. The predicted molar refractivity (Wildman–Crippen MR) is 188 cm³/mol. The minimum Gasteiger partial charge on any atom is -0.465 e. The molecule has 13 nitrogen and oxygen atoms in total. The number of carboxylic acid groups (broad SMARTS) is 1. The second-order valence-corrected chi connectivity index (χ2v) is 11.1. The Bertz CT molecular complexity index is 1500. The number of carbonyl (C=O) groups is 2. The molecule has 1 aliphatic rings. The summed E-state index contributed by atoms with van der Waals surface area (Å²) >= 11 is 0. The van der Waals surface area contributed by atoms with Crippen LogP contribution in [-0.4, -0.2) is 63.3 Å². The molecule has 260 valence electrons. The van der Waals surface area contributed by atoms with E-state index in [0.29, 0.717) is 12.0 Å². The first-order valence-electron chi connectivity index (χ1n) is 16.4. The molecular formula is C35H49N7O6. The molecule has 0 aliphatic carbocycles. The maximum Gasteiger partial charge on any atom is 0.407 e. The summed E-state index contributed by atoms with van der Waals surface area (Å²) in [7, 11) is 0. The maximum atomic E-state index is 12.3. The van der Waals surface area contributed by atoms with Gasteiger partial charge >= 0.3 is 11.8 Å². The van der Waals surface area contributed by atoms with Gasteiger partial charge in [0.05, 0.1) is 18.7 Å². The molecule has 1 aromatic rings. The van der Waals surface area contributed by atoms with Gasteiger partial charge in [-0.25, -0.2) is 9.59 Å². The van der Waals surface area contributed by atoms with E-state index >= 15 is 0 Å². The Balaban J connectivity index is 1.65. The Labute approximate surface area is 281 Å². The monoisotopic (exact) mass is 663 g/mol. The summed E-state index contributed by atoms with van der Waals surface area (Å²) < 4.78 is 7.10. The van der Waals surface area contributed by atoms with Crippen LogP contribution in [0, 0.1) is 6.92 Å². The van der Waals surface area contributed by atoms with Crippen molar-refractivity contribution in [2.45, 2.75) is 90.0 Å². The number of azide groups is 1. The van der Waals surface area contributed by atoms with E-state index in [1.54, 1.807) is 0 Å². The van der Waals surface area contributed by atoms with Crippen LogP contribution < -0.4 is 16.6 Å². The molecule has 1 fully saturated rings. The summed E-state index contributed by atoms with van der Waals surface area (Å²) in [6, 6.07) is -0.739. The highest BCUT2D eigenvalue weighted by molar-refractivity contribution is 5.76. The molecular weight excluding hydrogens is 614 g/mol. The van der Waals surface area contributed by atoms with Crippen molar-refractivity contribution in [1.82, 2.24) is 19.8 Å². The number of hydrogen-bond donors (Lipinski definition) is 3. The number of nitrogens with one attached hydrogen (secondary N) is 2. The zero-order chi connectivity index (χ0) is 35.0. The molecule has 0 radical (unpaired) electrons. The normalized spacial score (nSPS) is 18.2. The summed E-state index contributed by atoms with van der Waals surface area (Å²) in [5.41, 5.74) is 8.10. The molecule has 0 saturated carbocycles. The van der Waals surface area contributed by atoms with Crippen molar-refractivity contribution in [2.75, 3.05) is 19.6 Å². The van der Waals surface area contributed by atoms with Crippen LogP contribution in [0.1, 0.15) is 76.5 Å². The molecule has 48 heavy (non-hydrogen) atoms. The number of hydrogen-bond acceptors (Lipinski definition) is 6. The van der Waals surface area contributed by atoms with Gasteiger partial charge in [-0.2, -0.15) is 0 Å². The lowest BCUT2D eigenvalue weighted by Gasteiger charge is -2.25. The Kier molecular flexibility index (Phi) is 19.2.